The Morgan fingerprint density at radius 2 is 2.36 bits per heavy atom. The summed E-state index contributed by atoms with van der Waals surface area (Å²) < 4.78 is 1.39. The van der Waals surface area contributed by atoms with E-state index in [0.29, 0.717) is 0 Å². The van der Waals surface area contributed by atoms with Gasteiger partial charge in [-0.1, -0.05) is 6.92 Å². The van der Waals surface area contributed by atoms with Crippen molar-refractivity contribution in [1.82, 2.24) is 4.98 Å². The number of hydrogen-bond donors (Lipinski definition) is 0. The van der Waals surface area contributed by atoms with Crippen LogP contribution in [0.2, 0.25) is 0 Å². The maximum atomic E-state index is 4.16. The van der Waals surface area contributed by atoms with E-state index in [1.807, 2.05) is 12.4 Å². The summed E-state index contributed by atoms with van der Waals surface area (Å²) in [4.78, 5) is 4.16. The van der Waals surface area contributed by atoms with E-state index < -0.39 is 0 Å². The second-order valence-electron chi connectivity index (χ2n) is 2.49. The van der Waals surface area contributed by atoms with Gasteiger partial charge in [0.1, 0.15) is 0 Å². The zero-order valence-corrected chi connectivity index (χ0v) is 7.19. The molecule has 11 heavy (non-hydrogen) atoms. The average molecular weight is 163 g/mol. The van der Waals surface area contributed by atoms with E-state index in [-0.39, 0.29) is 0 Å². The summed E-state index contributed by atoms with van der Waals surface area (Å²) in [7, 11) is 0. The summed E-state index contributed by atoms with van der Waals surface area (Å²) in [6, 6.07) is 2.12. The molecule has 0 saturated carbocycles. The first-order valence-corrected chi connectivity index (χ1v) is 4.60. The molecular weight excluding hydrogens is 154 g/mol. The number of fused-ring (bicyclic) bond motifs is 1. The fraction of sp³-hybridized carbons (Fsp3) is 0.222. The largest absolute Gasteiger partial charge is 0.264 e. The normalized spacial score (nSPS) is 10.6. The summed E-state index contributed by atoms with van der Waals surface area (Å²) in [5, 5.41) is 3.39. The molecule has 0 radical (unpaired) electrons. The Labute approximate surface area is 69.7 Å². The van der Waals surface area contributed by atoms with Crippen LogP contribution in [0.5, 0.6) is 0 Å². The number of nitrogens with zero attached hydrogens (tertiary/aromatic N) is 1. The lowest BCUT2D eigenvalue weighted by Crippen LogP contribution is -1.80. The van der Waals surface area contributed by atoms with Gasteiger partial charge in [0.2, 0.25) is 0 Å². The van der Waals surface area contributed by atoms with Gasteiger partial charge in [0.15, 0.2) is 0 Å². The fourth-order valence-corrected chi connectivity index (χ4v) is 2.16. The molecule has 0 N–H and O–H groups in total. The highest BCUT2D eigenvalue weighted by Crippen LogP contribution is 2.23. The Balaban J connectivity index is 2.79. The van der Waals surface area contributed by atoms with Crippen LogP contribution in [0.25, 0.3) is 10.1 Å². The Morgan fingerprint density at radius 1 is 1.45 bits per heavy atom. The van der Waals surface area contributed by atoms with E-state index in [4.69, 9.17) is 0 Å². The highest BCUT2D eigenvalue weighted by atomic mass is 32.1. The van der Waals surface area contributed by atoms with Crippen molar-refractivity contribution in [2.45, 2.75) is 13.3 Å². The molecule has 0 amide bonds. The van der Waals surface area contributed by atoms with Crippen molar-refractivity contribution in [1.29, 1.82) is 0 Å². The molecule has 0 unspecified atom stereocenters. The van der Waals surface area contributed by atoms with Crippen molar-refractivity contribution in [3.8, 4) is 0 Å². The summed E-state index contributed by atoms with van der Waals surface area (Å²) in [5.41, 5.74) is 1.36. The third-order valence-corrected chi connectivity index (χ3v) is 2.82. The van der Waals surface area contributed by atoms with E-state index in [1.54, 1.807) is 11.3 Å². The van der Waals surface area contributed by atoms with E-state index in [1.165, 1.54) is 15.6 Å². The van der Waals surface area contributed by atoms with E-state index in [9.17, 15) is 0 Å². The molecule has 0 fully saturated rings. The van der Waals surface area contributed by atoms with Crippen LogP contribution in [0, 0.1) is 0 Å². The van der Waals surface area contributed by atoms with Crippen molar-refractivity contribution in [2.24, 2.45) is 0 Å². The molecule has 0 aliphatic rings. The lowest BCUT2D eigenvalue weighted by atomic mass is 10.2. The van der Waals surface area contributed by atoms with Crippen LogP contribution < -0.4 is 0 Å². The fourth-order valence-electron chi connectivity index (χ4n) is 1.20. The zero-order chi connectivity index (χ0) is 7.68. The molecule has 0 atom stereocenters. The van der Waals surface area contributed by atoms with Gasteiger partial charge in [-0.25, -0.2) is 0 Å². The molecule has 1 nitrogen and oxygen atoms in total. The molecule has 0 aliphatic carbocycles. The maximum Gasteiger partial charge on any atom is 0.0405 e. The highest BCUT2D eigenvalue weighted by Gasteiger charge is 1.98. The zero-order valence-electron chi connectivity index (χ0n) is 6.37. The minimum Gasteiger partial charge on any atom is -0.264 e. The maximum absolute atomic E-state index is 4.16. The Bertz CT molecular complexity index is 364. The molecule has 56 valence electrons. The number of aryl methyl sites for hydroxylation is 1. The molecule has 0 bridgehead atoms. The first-order chi connectivity index (χ1) is 5.42. The van der Waals surface area contributed by atoms with Crippen LogP contribution in [-0.2, 0) is 6.42 Å². The van der Waals surface area contributed by atoms with Gasteiger partial charge >= 0.3 is 0 Å². The minimum absolute atomic E-state index is 1.07. The van der Waals surface area contributed by atoms with Gasteiger partial charge in [-0.05, 0) is 23.4 Å². The molecule has 0 saturated heterocycles. The topological polar surface area (TPSA) is 12.9 Å². The summed E-state index contributed by atoms with van der Waals surface area (Å²) in [6.07, 6.45) is 4.95. The van der Waals surface area contributed by atoms with Crippen LogP contribution in [0.4, 0.5) is 0 Å². The highest BCUT2D eigenvalue weighted by molar-refractivity contribution is 7.17. The minimum atomic E-state index is 1.07. The van der Waals surface area contributed by atoms with Crippen LogP contribution >= 0.6 is 11.3 Å². The van der Waals surface area contributed by atoms with Gasteiger partial charge in [0.25, 0.3) is 0 Å². The first-order valence-electron chi connectivity index (χ1n) is 3.72. The number of pyridine rings is 1. The van der Waals surface area contributed by atoms with E-state index in [2.05, 4.69) is 23.4 Å². The first kappa shape index (κ1) is 6.80. The molecule has 0 aromatic carbocycles. The molecular formula is C9H9NS. The van der Waals surface area contributed by atoms with Crippen molar-refractivity contribution in [2.75, 3.05) is 0 Å². The van der Waals surface area contributed by atoms with Crippen molar-refractivity contribution in [3.05, 3.63) is 29.4 Å². The van der Waals surface area contributed by atoms with Gasteiger partial charge in [-0.2, -0.15) is 0 Å². The number of rotatable bonds is 1. The summed E-state index contributed by atoms with van der Waals surface area (Å²) >= 11 is 1.80. The molecule has 2 heterocycles. The third kappa shape index (κ3) is 1.03. The average Bonchev–Trinajstić information content (AvgIpc) is 2.50. The van der Waals surface area contributed by atoms with Crippen LogP contribution in [0.3, 0.4) is 0 Å². The Morgan fingerprint density at radius 3 is 3.18 bits per heavy atom. The Kier molecular flexibility index (Phi) is 1.62. The quantitative estimate of drug-likeness (QED) is 0.630. The Hall–Kier alpha value is -0.890. The van der Waals surface area contributed by atoms with Crippen molar-refractivity contribution >= 4 is 21.4 Å². The molecule has 2 rings (SSSR count). The number of hydrogen-bond acceptors (Lipinski definition) is 2. The van der Waals surface area contributed by atoms with Crippen LogP contribution in [0.1, 0.15) is 12.5 Å². The van der Waals surface area contributed by atoms with Gasteiger partial charge in [0, 0.05) is 22.5 Å². The smallest absolute Gasteiger partial charge is 0.0405 e. The van der Waals surface area contributed by atoms with Gasteiger partial charge in [-0.15, -0.1) is 11.3 Å². The molecule has 2 heteroatoms. The second kappa shape index (κ2) is 2.62. The molecule has 2 aromatic rings. The molecule has 0 aliphatic heterocycles. The summed E-state index contributed by atoms with van der Waals surface area (Å²) in [5.74, 6) is 0. The summed E-state index contributed by atoms with van der Waals surface area (Å²) in [6.45, 7) is 2.16. The van der Waals surface area contributed by atoms with Gasteiger partial charge in [-0.3, -0.25) is 4.98 Å². The van der Waals surface area contributed by atoms with Gasteiger partial charge < -0.3 is 0 Å². The molecule has 0 spiro atoms. The number of thiophene rings is 1. The third-order valence-electron chi connectivity index (χ3n) is 1.81. The van der Waals surface area contributed by atoms with Crippen molar-refractivity contribution < 1.29 is 0 Å². The second-order valence-corrected chi connectivity index (χ2v) is 3.41. The predicted molar refractivity (Wildman–Crippen MR) is 49.0 cm³/mol. The van der Waals surface area contributed by atoms with Crippen molar-refractivity contribution in [3.63, 3.8) is 0 Å². The monoisotopic (exact) mass is 163 g/mol. The lowest BCUT2D eigenvalue weighted by molar-refractivity contribution is 1.13. The SMILES string of the molecule is CCc1cncc2ccsc12. The standard InChI is InChI=1S/C9H9NS/c1-2-7-5-10-6-8-3-4-11-9(7)8/h3-6H,2H2,1H3. The van der Waals surface area contributed by atoms with E-state index >= 15 is 0 Å². The van der Waals surface area contributed by atoms with Crippen LogP contribution in [0.15, 0.2) is 23.8 Å². The van der Waals surface area contributed by atoms with Gasteiger partial charge in [0.05, 0.1) is 0 Å². The van der Waals surface area contributed by atoms with Crippen LogP contribution in [-0.4, -0.2) is 4.98 Å². The number of aromatic nitrogens is 1. The predicted octanol–water partition coefficient (Wildman–Crippen LogP) is 2.86. The molecule has 2 aromatic heterocycles. The lowest BCUT2D eigenvalue weighted by Gasteiger charge is -1.95. The van der Waals surface area contributed by atoms with E-state index in [0.717, 1.165) is 6.42 Å².